The van der Waals surface area contributed by atoms with Crippen LogP contribution in [0.3, 0.4) is 0 Å². The molecule has 1 amide bonds. The molecule has 0 atom stereocenters. The second-order valence-corrected chi connectivity index (χ2v) is 9.99. The smallest absolute Gasteiger partial charge is 0.251 e. The molecule has 5 aromatic rings. The number of aromatic nitrogens is 2. The van der Waals surface area contributed by atoms with Gasteiger partial charge >= 0.3 is 0 Å². The molecule has 39 heavy (non-hydrogen) atoms. The maximum Gasteiger partial charge on any atom is 0.251 e. The van der Waals surface area contributed by atoms with Gasteiger partial charge in [0.15, 0.2) is 0 Å². The second-order valence-electron chi connectivity index (χ2n) is 9.99. The van der Waals surface area contributed by atoms with Crippen LogP contribution in [0.15, 0.2) is 85.1 Å². The van der Waals surface area contributed by atoms with Gasteiger partial charge in [-0.2, -0.15) is 0 Å². The molecule has 0 fully saturated rings. The van der Waals surface area contributed by atoms with E-state index in [0.717, 1.165) is 50.7 Å². The van der Waals surface area contributed by atoms with E-state index in [1.165, 1.54) is 0 Å². The molecule has 0 unspecified atom stereocenters. The summed E-state index contributed by atoms with van der Waals surface area (Å²) >= 11 is 0. The number of rotatable bonds is 8. The average molecular weight is 519 g/mol. The fourth-order valence-electron chi connectivity index (χ4n) is 4.71. The summed E-state index contributed by atoms with van der Waals surface area (Å²) in [7, 11) is 4.05. The summed E-state index contributed by atoms with van der Waals surface area (Å²) in [6, 6.07) is 26.2. The number of aryl methyl sites for hydroxylation is 2. The molecule has 7 heteroatoms. The first-order valence-electron chi connectivity index (χ1n) is 13.0. The van der Waals surface area contributed by atoms with Crippen LogP contribution in [0.4, 0.5) is 17.2 Å². The summed E-state index contributed by atoms with van der Waals surface area (Å²) in [5.74, 6) is 0.699. The highest BCUT2D eigenvalue weighted by Crippen LogP contribution is 2.34. The molecule has 7 nitrogen and oxygen atoms in total. The monoisotopic (exact) mass is 518 g/mol. The van der Waals surface area contributed by atoms with Crippen LogP contribution >= 0.6 is 0 Å². The lowest BCUT2D eigenvalue weighted by atomic mass is 10.1. The summed E-state index contributed by atoms with van der Waals surface area (Å²) in [5, 5.41) is 6.67. The van der Waals surface area contributed by atoms with Gasteiger partial charge in [-0.15, -0.1) is 0 Å². The summed E-state index contributed by atoms with van der Waals surface area (Å²) in [4.78, 5) is 20.1. The SMILES string of the molecule is Cc1cccc(C)c1Nc1c(-c2ccc(N(C)C)cc2)nc2cc(C(=O)NCc3cccc(CN)c3)ccn12. The predicted molar refractivity (Wildman–Crippen MR) is 160 cm³/mol. The van der Waals surface area contributed by atoms with Gasteiger partial charge in [-0.25, -0.2) is 4.98 Å². The minimum atomic E-state index is -0.153. The molecule has 0 saturated carbocycles. The van der Waals surface area contributed by atoms with Crippen LogP contribution < -0.4 is 21.3 Å². The Balaban J connectivity index is 1.51. The van der Waals surface area contributed by atoms with E-state index in [0.29, 0.717) is 24.3 Å². The Kier molecular flexibility index (Phi) is 7.34. The summed E-state index contributed by atoms with van der Waals surface area (Å²) in [6.07, 6.45) is 1.90. The third-order valence-corrected chi connectivity index (χ3v) is 6.95. The number of carbonyl (C=O) groups is 1. The van der Waals surface area contributed by atoms with Crippen molar-refractivity contribution in [3.05, 3.63) is 113 Å². The normalized spacial score (nSPS) is 11.0. The van der Waals surface area contributed by atoms with Crippen LogP contribution in [-0.4, -0.2) is 29.4 Å². The van der Waals surface area contributed by atoms with Crippen molar-refractivity contribution in [1.29, 1.82) is 0 Å². The second kappa shape index (κ2) is 11.0. The van der Waals surface area contributed by atoms with Crippen molar-refractivity contribution in [1.82, 2.24) is 14.7 Å². The molecular formula is C32H34N6O. The molecular weight excluding hydrogens is 484 g/mol. The highest BCUT2D eigenvalue weighted by molar-refractivity contribution is 5.95. The first-order chi connectivity index (χ1) is 18.8. The molecule has 3 aromatic carbocycles. The van der Waals surface area contributed by atoms with Gasteiger partial charge in [-0.05, 0) is 60.4 Å². The summed E-state index contributed by atoms with van der Waals surface area (Å²) in [6.45, 7) is 5.08. The first-order valence-corrected chi connectivity index (χ1v) is 13.0. The van der Waals surface area contributed by atoms with Gasteiger partial charge in [0.2, 0.25) is 0 Å². The molecule has 0 bridgehead atoms. The fraction of sp³-hybridized carbons (Fsp3) is 0.188. The zero-order valence-corrected chi connectivity index (χ0v) is 22.8. The minimum Gasteiger partial charge on any atom is -0.378 e. The number of fused-ring (bicyclic) bond motifs is 1. The standard InChI is InChI=1S/C32H34N6O/c1-21-7-5-8-22(2)29(21)36-31-30(25-11-13-27(14-12-25)37(3)4)35-28-18-26(15-16-38(28)31)32(39)34-20-24-10-6-9-23(17-24)19-33/h5-18,36H,19-20,33H2,1-4H3,(H,34,39). The zero-order chi connectivity index (χ0) is 27.5. The molecule has 198 valence electrons. The van der Waals surface area contributed by atoms with Crippen LogP contribution in [0, 0.1) is 13.8 Å². The van der Waals surface area contributed by atoms with E-state index in [4.69, 9.17) is 10.7 Å². The first kappa shape index (κ1) is 26.0. The maximum absolute atomic E-state index is 13.1. The van der Waals surface area contributed by atoms with Gasteiger partial charge in [0.1, 0.15) is 17.2 Å². The number of benzene rings is 3. The van der Waals surface area contributed by atoms with Gasteiger partial charge in [0.05, 0.1) is 0 Å². The van der Waals surface area contributed by atoms with E-state index in [2.05, 4.69) is 71.8 Å². The third kappa shape index (κ3) is 5.49. The molecule has 2 aromatic heterocycles. The van der Waals surface area contributed by atoms with Gasteiger partial charge in [-0.1, -0.05) is 54.6 Å². The lowest BCUT2D eigenvalue weighted by Gasteiger charge is -2.15. The number of nitrogens with one attached hydrogen (secondary N) is 2. The lowest BCUT2D eigenvalue weighted by Crippen LogP contribution is -2.23. The van der Waals surface area contributed by atoms with Crippen molar-refractivity contribution in [2.75, 3.05) is 24.3 Å². The van der Waals surface area contributed by atoms with E-state index in [-0.39, 0.29) is 5.91 Å². The highest BCUT2D eigenvalue weighted by Gasteiger charge is 2.18. The molecule has 2 heterocycles. The Labute approximate surface area is 229 Å². The lowest BCUT2D eigenvalue weighted by molar-refractivity contribution is 0.0951. The summed E-state index contributed by atoms with van der Waals surface area (Å²) < 4.78 is 2.00. The highest BCUT2D eigenvalue weighted by atomic mass is 16.1. The van der Waals surface area contributed by atoms with Crippen LogP contribution in [0.25, 0.3) is 16.9 Å². The number of hydrogen-bond acceptors (Lipinski definition) is 5. The van der Waals surface area contributed by atoms with E-state index in [1.54, 1.807) is 0 Å². The number of pyridine rings is 1. The van der Waals surface area contributed by atoms with Crippen molar-refractivity contribution >= 4 is 28.7 Å². The predicted octanol–water partition coefficient (Wildman–Crippen LogP) is 5.82. The van der Waals surface area contributed by atoms with Gasteiger partial charge in [0, 0.05) is 55.9 Å². The Bertz CT molecular complexity index is 1610. The number of para-hydroxylation sites is 1. The number of imidazole rings is 1. The third-order valence-electron chi connectivity index (χ3n) is 6.95. The fourth-order valence-corrected chi connectivity index (χ4v) is 4.71. The van der Waals surface area contributed by atoms with Gasteiger partial charge in [-0.3, -0.25) is 9.20 Å². The molecule has 0 aliphatic carbocycles. The topological polar surface area (TPSA) is 87.7 Å². The Morgan fingerprint density at radius 3 is 2.31 bits per heavy atom. The molecule has 5 rings (SSSR count). The molecule has 0 spiro atoms. The molecule has 0 aliphatic heterocycles. The van der Waals surface area contributed by atoms with E-state index in [9.17, 15) is 4.79 Å². The van der Waals surface area contributed by atoms with E-state index in [1.807, 2.05) is 61.1 Å². The Morgan fingerprint density at radius 1 is 0.923 bits per heavy atom. The van der Waals surface area contributed by atoms with Crippen LogP contribution in [-0.2, 0) is 13.1 Å². The average Bonchev–Trinajstić information content (AvgIpc) is 3.31. The minimum absolute atomic E-state index is 0.153. The Hall–Kier alpha value is -4.62. The maximum atomic E-state index is 13.1. The van der Waals surface area contributed by atoms with Crippen molar-refractivity contribution in [2.24, 2.45) is 5.73 Å². The summed E-state index contributed by atoms with van der Waals surface area (Å²) in [5.41, 5.74) is 15.3. The molecule has 0 radical (unpaired) electrons. The van der Waals surface area contributed by atoms with Crippen molar-refractivity contribution in [2.45, 2.75) is 26.9 Å². The zero-order valence-electron chi connectivity index (χ0n) is 22.8. The van der Waals surface area contributed by atoms with Crippen molar-refractivity contribution in [3.8, 4) is 11.3 Å². The quantitative estimate of drug-likeness (QED) is 0.241. The molecule has 0 aliphatic rings. The number of nitrogens with zero attached hydrogens (tertiary/aromatic N) is 3. The number of carbonyl (C=O) groups excluding carboxylic acids is 1. The van der Waals surface area contributed by atoms with E-state index < -0.39 is 0 Å². The Morgan fingerprint density at radius 2 is 1.62 bits per heavy atom. The van der Waals surface area contributed by atoms with Gasteiger partial charge < -0.3 is 21.3 Å². The number of anilines is 3. The van der Waals surface area contributed by atoms with Crippen LogP contribution in [0.2, 0.25) is 0 Å². The van der Waals surface area contributed by atoms with Crippen LogP contribution in [0.5, 0.6) is 0 Å². The number of nitrogens with two attached hydrogens (primary N) is 1. The number of amides is 1. The molecule has 0 saturated heterocycles. The van der Waals surface area contributed by atoms with Crippen molar-refractivity contribution in [3.63, 3.8) is 0 Å². The van der Waals surface area contributed by atoms with E-state index >= 15 is 0 Å². The van der Waals surface area contributed by atoms with Gasteiger partial charge in [0.25, 0.3) is 5.91 Å². The van der Waals surface area contributed by atoms with Crippen molar-refractivity contribution < 1.29 is 4.79 Å². The largest absolute Gasteiger partial charge is 0.378 e. The molecule has 4 N–H and O–H groups in total. The number of hydrogen-bond donors (Lipinski definition) is 3. The van der Waals surface area contributed by atoms with Crippen LogP contribution in [0.1, 0.15) is 32.6 Å².